The van der Waals surface area contributed by atoms with Gasteiger partial charge in [0, 0.05) is 15.7 Å². The van der Waals surface area contributed by atoms with Crippen molar-refractivity contribution in [1.29, 1.82) is 0 Å². The van der Waals surface area contributed by atoms with E-state index in [9.17, 15) is 0 Å². The van der Waals surface area contributed by atoms with Crippen LogP contribution in [0.4, 0.5) is 0 Å². The van der Waals surface area contributed by atoms with Crippen molar-refractivity contribution >= 4 is 43.5 Å². The normalized spacial score (nSPS) is 14.1. The van der Waals surface area contributed by atoms with Gasteiger partial charge in [0.05, 0.1) is 0 Å². The van der Waals surface area contributed by atoms with Crippen molar-refractivity contribution in [1.82, 2.24) is 0 Å². The minimum Gasteiger partial charge on any atom is -0.0930 e. The molecule has 0 aliphatic heterocycles. The minimum atomic E-state index is 0.357. The Hall–Kier alpha value is 0.730. The van der Waals surface area contributed by atoms with E-state index in [1.54, 1.807) is 5.54 Å². The molecule has 0 heterocycles. The molecule has 0 unspecified atom stereocenters. The van der Waals surface area contributed by atoms with Crippen molar-refractivity contribution in [2.24, 2.45) is 0 Å². The Labute approximate surface area is 103 Å². The Morgan fingerprint density at radius 3 is 2.46 bits per heavy atom. The van der Waals surface area contributed by atoms with Crippen LogP contribution in [-0.4, -0.2) is 10.2 Å². The van der Waals surface area contributed by atoms with E-state index in [0.29, 0.717) is 4.83 Å². The molecule has 0 amide bonds. The van der Waals surface area contributed by atoms with Gasteiger partial charge in [0.1, 0.15) is 0 Å². The summed E-state index contributed by atoms with van der Waals surface area (Å²) in [6.07, 6.45) is 4.32. The second-order valence-corrected chi connectivity index (χ2v) is 5.10. The van der Waals surface area contributed by atoms with Crippen LogP contribution in [0.15, 0.2) is 22.8 Å². The van der Waals surface area contributed by atoms with Gasteiger partial charge in [-0.15, -0.1) is 0 Å². The summed E-state index contributed by atoms with van der Waals surface area (Å²) in [5.41, 5.74) is 4.29. The van der Waals surface area contributed by atoms with Crippen LogP contribution >= 0.6 is 43.5 Å². The molecule has 0 aromatic rings. The fraction of sp³-hybridized carbons (Fsp3) is 0.600. The van der Waals surface area contributed by atoms with E-state index >= 15 is 0 Å². The number of hydrogen-bond acceptors (Lipinski definition) is 0. The van der Waals surface area contributed by atoms with Crippen LogP contribution in [-0.2, 0) is 0 Å². The number of halogens is 3. The third kappa shape index (κ3) is 6.75. The van der Waals surface area contributed by atoms with Crippen LogP contribution < -0.4 is 0 Å². The maximum absolute atomic E-state index is 5.72. The Balaban J connectivity index is 3.95. The third-order valence-corrected chi connectivity index (χ3v) is 4.37. The van der Waals surface area contributed by atoms with Crippen LogP contribution in [0.1, 0.15) is 26.7 Å². The third-order valence-electron chi connectivity index (χ3n) is 1.66. The maximum atomic E-state index is 5.72. The summed E-state index contributed by atoms with van der Waals surface area (Å²) in [7, 11) is 0. The zero-order valence-electron chi connectivity index (χ0n) is 7.99. The molecule has 0 bridgehead atoms. The fourth-order valence-corrected chi connectivity index (χ4v) is 2.10. The van der Waals surface area contributed by atoms with Gasteiger partial charge >= 0.3 is 0 Å². The van der Waals surface area contributed by atoms with Gasteiger partial charge in [0.15, 0.2) is 0 Å². The van der Waals surface area contributed by atoms with E-state index in [1.165, 1.54) is 11.1 Å². The average molecular weight is 330 g/mol. The van der Waals surface area contributed by atoms with Crippen LogP contribution in [0.5, 0.6) is 0 Å². The van der Waals surface area contributed by atoms with E-state index in [2.05, 4.69) is 51.8 Å². The Morgan fingerprint density at radius 2 is 2.08 bits per heavy atom. The lowest BCUT2D eigenvalue weighted by Gasteiger charge is -2.09. The standard InChI is InChI=1S/C10H15Br2Cl/c1-8(2)4-3-5-9(7-13)10(12)6-11/h4,7,10H,3,5-6H2,1-2H3/b9-7+/t10-/m1/s1. The van der Waals surface area contributed by atoms with Gasteiger partial charge in [-0.1, -0.05) is 55.1 Å². The first-order chi connectivity index (χ1) is 6.11. The molecule has 0 aliphatic rings. The predicted octanol–water partition coefficient (Wildman–Crippen LogP) is 5.01. The van der Waals surface area contributed by atoms with Gasteiger partial charge in [-0.3, -0.25) is 0 Å². The van der Waals surface area contributed by atoms with Crippen molar-refractivity contribution in [3.8, 4) is 0 Å². The lowest BCUT2D eigenvalue weighted by molar-refractivity contribution is 0.928. The zero-order valence-corrected chi connectivity index (χ0v) is 11.9. The summed E-state index contributed by atoms with van der Waals surface area (Å²) in [5, 5.41) is 0.903. The van der Waals surface area contributed by atoms with E-state index in [-0.39, 0.29) is 0 Å². The summed E-state index contributed by atoms with van der Waals surface area (Å²) in [6.45, 7) is 4.22. The second kappa shape index (κ2) is 8.07. The highest BCUT2D eigenvalue weighted by Crippen LogP contribution is 2.21. The first-order valence-electron chi connectivity index (χ1n) is 4.24. The van der Waals surface area contributed by atoms with Gasteiger partial charge < -0.3 is 0 Å². The van der Waals surface area contributed by atoms with Crippen LogP contribution in [0.2, 0.25) is 0 Å². The molecule has 0 N–H and O–H groups in total. The number of allylic oxidation sites excluding steroid dienone is 3. The maximum Gasteiger partial charge on any atom is 0.0463 e. The molecule has 0 aromatic carbocycles. The summed E-state index contributed by atoms with van der Waals surface area (Å²) >= 11 is 12.7. The second-order valence-electron chi connectivity index (χ2n) is 3.13. The van der Waals surface area contributed by atoms with E-state index < -0.39 is 0 Å². The monoisotopic (exact) mass is 328 g/mol. The van der Waals surface area contributed by atoms with Crippen LogP contribution in [0.25, 0.3) is 0 Å². The highest BCUT2D eigenvalue weighted by Gasteiger charge is 2.07. The molecule has 13 heavy (non-hydrogen) atoms. The lowest BCUT2D eigenvalue weighted by atomic mass is 10.1. The number of hydrogen-bond donors (Lipinski definition) is 0. The van der Waals surface area contributed by atoms with E-state index in [0.717, 1.165) is 18.2 Å². The highest BCUT2D eigenvalue weighted by molar-refractivity contribution is 9.12. The first-order valence-corrected chi connectivity index (χ1v) is 6.71. The van der Waals surface area contributed by atoms with E-state index in [4.69, 9.17) is 11.6 Å². The molecule has 0 aliphatic carbocycles. The molecule has 0 aromatic heterocycles. The van der Waals surface area contributed by atoms with Crippen molar-refractivity contribution in [3.63, 3.8) is 0 Å². The summed E-state index contributed by atoms with van der Waals surface area (Å²) in [5.74, 6) is 0. The van der Waals surface area contributed by atoms with Crippen molar-refractivity contribution in [2.45, 2.75) is 31.5 Å². The Bertz CT molecular complexity index is 193. The fourth-order valence-electron chi connectivity index (χ4n) is 0.906. The number of rotatable bonds is 5. The van der Waals surface area contributed by atoms with Crippen LogP contribution in [0, 0.1) is 0 Å². The molecule has 0 rings (SSSR count). The Morgan fingerprint density at radius 1 is 1.46 bits per heavy atom. The van der Waals surface area contributed by atoms with E-state index in [1.807, 2.05) is 0 Å². The molecular formula is C10H15Br2Cl. The van der Waals surface area contributed by atoms with Crippen molar-refractivity contribution in [3.05, 3.63) is 22.8 Å². The molecule has 0 saturated carbocycles. The quantitative estimate of drug-likeness (QED) is 0.491. The molecule has 0 nitrogen and oxygen atoms in total. The summed E-state index contributed by atoms with van der Waals surface area (Å²) in [6, 6.07) is 0. The predicted molar refractivity (Wildman–Crippen MR) is 69.1 cm³/mol. The van der Waals surface area contributed by atoms with Crippen LogP contribution in [0.3, 0.4) is 0 Å². The zero-order chi connectivity index (χ0) is 10.3. The van der Waals surface area contributed by atoms with Gasteiger partial charge in [0.2, 0.25) is 0 Å². The smallest absolute Gasteiger partial charge is 0.0463 e. The lowest BCUT2D eigenvalue weighted by Crippen LogP contribution is -2.02. The molecule has 76 valence electrons. The molecule has 3 heteroatoms. The summed E-state index contributed by atoms with van der Waals surface area (Å²) in [4.78, 5) is 0.357. The van der Waals surface area contributed by atoms with Gasteiger partial charge in [-0.2, -0.15) is 0 Å². The molecule has 1 atom stereocenters. The van der Waals surface area contributed by atoms with Gasteiger partial charge in [-0.05, 0) is 32.3 Å². The number of alkyl halides is 2. The topological polar surface area (TPSA) is 0 Å². The molecule has 0 saturated heterocycles. The largest absolute Gasteiger partial charge is 0.0930 e. The molecule has 0 radical (unpaired) electrons. The molecular weight excluding hydrogens is 315 g/mol. The SMILES string of the molecule is CC(C)=CCC/C(=C\Cl)[C@H](Br)CBr. The van der Waals surface area contributed by atoms with Gasteiger partial charge in [-0.25, -0.2) is 0 Å². The average Bonchev–Trinajstić information content (AvgIpc) is 2.11. The Kier molecular flexibility index (Phi) is 8.53. The first kappa shape index (κ1) is 13.7. The highest BCUT2D eigenvalue weighted by atomic mass is 79.9. The van der Waals surface area contributed by atoms with Crippen molar-refractivity contribution < 1.29 is 0 Å². The molecule has 0 fully saturated rings. The molecule has 0 spiro atoms. The van der Waals surface area contributed by atoms with Crippen molar-refractivity contribution in [2.75, 3.05) is 5.33 Å². The summed E-state index contributed by atoms with van der Waals surface area (Å²) < 4.78 is 0. The minimum absolute atomic E-state index is 0.357. The van der Waals surface area contributed by atoms with Gasteiger partial charge in [0.25, 0.3) is 0 Å².